The number of aliphatic imine (C=N–C) groups is 1. The van der Waals surface area contributed by atoms with Crippen molar-refractivity contribution in [1.82, 2.24) is 16.0 Å². The first kappa shape index (κ1) is 28.4. The number of carbonyl (C=O) groups is 3. The molecule has 1 aliphatic heterocycles. The molecule has 1 heterocycles. The first-order valence-corrected chi connectivity index (χ1v) is 13.4. The van der Waals surface area contributed by atoms with Gasteiger partial charge in [-0.3, -0.25) is 20.4 Å². The largest absolute Gasteiger partial charge is 0.444 e. The Morgan fingerprint density at radius 2 is 1.23 bits per heavy atom. The fraction of sp³-hybridized carbons (Fsp3) is 0.290. The van der Waals surface area contributed by atoms with Crippen LogP contribution in [0.1, 0.15) is 36.0 Å². The van der Waals surface area contributed by atoms with Crippen molar-refractivity contribution in [2.24, 2.45) is 10.9 Å². The van der Waals surface area contributed by atoms with Crippen LogP contribution in [0.4, 0.5) is 9.59 Å². The summed E-state index contributed by atoms with van der Waals surface area (Å²) in [6, 6.07) is 28.8. The molecule has 0 aromatic heterocycles. The van der Waals surface area contributed by atoms with Gasteiger partial charge >= 0.3 is 12.2 Å². The molecule has 1 aliphatic rings. The Bertz CT molecular complexity index is 1210. The number of benzene rings is 3. The van der Waals surface area contributed by atoms with Crippen molar-refractivity contribution in [1.29, 1.82) is 0 Å². The van der Waals surface area contributed by atoms with Gasteiger partial charge in [0.1, 0.15) is 13.2 Å². The minimum atomic E-state index is -0.759. The van der Waals surface area contributed by atoms with Gasteiger partial charge in [0.2, 0.25) is 11.9 Å². The number of hydrogen-bond acceptors (Lipinski definition) is 6. The van der Waals surface area contributed by atoms with Crippen LogP contribution in [-0.2, 0) is 33.9 Å². The van der Waals surface area contributed by atoms with Gasteiger partial charge in [0, 0.05) is 12.6 Å². The van der Waals surface area contributed by atoms with Gasteiger partial charge in [-0.25, -0.2) is 9.59 Å². The number of aryl methyl sites for hydroxylation is 1. The number of ether oxygens (including phenoxy) is 2. The molecule has 3 N–H and O–H groups in total. The van der Waals surface area contributed by atoms with E-state index in [0.717, 1.165) is 24.0 Å². The van der Waals surface area contributed by atoms with Crippen LogP contribution in [0.2, 0.25) is 0 Å². The van der Waals surface area contributed by atoms with Crippen LogP contribution in [0.25, 0.3) is 0 Å². The van der Waals surface area contributed by atoms with Crippen molar-refractivity contribution in [3.63, 3.8) is 0 Å². The summed E-state index contributed by atoms with van der Waals surface area (Å²) in [6.07, 6.45) is 1.51. The summed E-state index contributed by atoms with van der Waals surface area (Å²) in [6.45, 7) is 0.432. The molecule has 208 valence electrons. The zero-order chi connectivity index (χ0) is 28.0. The van der Waals surface area contributed by atoms with E-state index in [9.17, 15) is 14.4 Å². The average Bonchev–Trinajstić information content (AvgIpc) is 2.98. The molecular weight excluding hydrogens is 508 g/mol. The van der Waals surface area contributed by atoms with Gasteiger partial charge in [-0.15, -0.1) is 0 Å². The summed E-state index contributed by atoms with van der Waals surface area (Å²) in [7, 11) is 0. The van der Waals surface area contributed by atoms with E-state index in [-0.39, 0.29) is 37.0 Å². The molecule has 3 aromatic rings. The number of alkyl carbamates (subject to hydrolysis) is 2. The zero-order valence-electron chi connectivity index (χ0n) is 22.3. The van der Waals surface area contributed by atoms with Crippen molar-refractivity contribution in [3.8, 4) is 0 Å². The van der Waals surface area contributed by atoms with Gasteiger partial charge in [-0.2, -0.15) is 0 Å². The molecular formula is C31H34N4O5. The lowest BCUT2D eigenvalue weighted by atomic mass is 9.83. The monoisotopic (exact) mass is 542 g/mol. The van der Waals surface area contributed by atoms with Crippen LogP contribution in [-0.4, -0.2) is 36.6 Å². The molecule has 3 aromatic carbocycles. The SMILES string of the molecule is O=C(NC(=NCCCC1C(=O)NC1CCc1ccccc1)NC(=O)OCc1ccccc1)OCc1ccccc1. The van der Waals surface area contributed by atoms with E-state index < -0.39 is 12.2 Å². The van der Waals surface area contributed by atoms with E-state index in [1.54, 1.807) is 0 Å². The fourth-order valence-electron chi connectivity index (χ4n) is 4.37. The van der Waals surface area contributed by atoms with Crippen LogP contribution >= 0.6 is 0 Å². The number of nitrogens with one attached hydrogen (secondary N) is 3. The molecule has 0 saturated carbocycles. The zero-order valence-corrected chi connectivity index (χ0v) is 22.3. The molecule has 9 heteroatoms. The van der Waals surface area contributed by atoms with Crippen LogP contribution < -0.4 is 16.0 Å². The molecule has 0 bridgehead atoms. The maximum Gasteiger partial charge on any atom is 0.414 e. The van der Waals surface area contributed by atoms with Crippen LogP contribution in [0, 0.1) is 5.92 Å². The fourth-order valence-corrected chi connectivity index (χ4v) is 4.37. The van der Waals surface area contributed by atoms with E-state index in [1.165, 1.54) is 5.56 Å². The second-order valence-corrected chi connectivity index (χ2v) is 9.49. The third kappa shape index (κ3) is 9.27. The molecule has 40 heavy (non-hydrogen) atoms. The molecule has 2 unspecified atom stereocenters. The Labute approximate surface area is 234 Å². The summed E-state index contributed by atoms with van der Waals surface area (Å²) in [4.78, 5) is 41.3. The van der Waals surface area contributed by atoms with E-state index in [0.29, 0.717) is 19.4 Å². The topological polar surface area (TPSA) is 118 Å². The highest BCUT2D eigenvalue weighted by Gasteiger charge is 2.37. The van der Waals surface area contributed by atoms with Crippen LogP contribution in [0.5, 0.6) is 0 Å². The van der Waals surface area contributed by atoms with Crippen molar-refractivity contribution in [3.05, 3.63) is 108 Å². The average molecular weight is 543 g/mol. The standard InChI is InChI=1S/C31H34N4O5/c36-28-26(27(33-28)19-18-23-11-4-1-5-12-23)17-10-20-32-29(34-30(37)39-21-24-13-6-2-7-14-24)35-31(38)40-22-25-15-8-3-9-16-25/h1-9,11-16,26-27H,10,17-22H2,(H,33,36)(H2,32,34,35,37,38). The lowest BCUT2D eigenvalue weighted by Gasteiger charge is -2.37. The van der Waals surface area contributed by atoms with E-state index in [1.807, 2.05) is 78.9 Å². The Morgan fingerprint density at radius 1 is 0.725 bits per heavy atom. The van der Waals surface area contributed by atoms with Gasteiger partial charge in [-0.1, -0.05) is 91.0 Å². The van der Waals surface area contributed by atoms with Gasteiger partial charge in [0.05, 0.1) is 5.92 Å². The Hall–Kier alpha value is -4.66. The van der Waals surface area contributed by atoms with E-state index in [4.69, 9.17) is 9.47 Å². The number of hydrogen-bond donors (Lipinski definition) is 3. The van der Waals surface area contributed by atoms with Crippen molar-refractivity contribution < 1.29 is 23.9 Å². The minimum absolute atomic E-state index is 0.0486. The Morgan fingerprint density at radius 3 is 1.73 bits per heavy atom. The third-order valence-electron chi connectivity index (χ3n) is 6.55. The van der Waals surface area contributed by atoms with Gasteiger partial charge in [0.25, 0.3) is 0 Å². The van der Waals surface area contributed by atoms with Gasteiger partial charge in [0.15, 0.2) is 0 Å². The normalized spacial score (nSPS) is 15.7. The Kier molecular flexibility index (Phi) is 10.7. The van der Waals surface area contributed by atoms with Gasteiger partial charge in [-0.05, 0) is 42.4 Å². The molecule has 1 fully saturated rings. The first-order valence-electron chi connectivity index (χ1n) is 13.4. The summed E-state index contributed by atoms with van der Waals surface area (Å²) in [5, 5.41) is 7.97. The summed E-state index contributed by atoms with van der Waals surface area (Å²) in [5.74, 6) is -0.0998. The number of β-lactam (4-membered cyclic amide) rings is 1. The molecule has 0 radical (unpaired) electrons. The predicted molar refractivity (Wildman–Crippen MR) is 151 cm³/mol. The summed E-state index contributed by atoms with van der Waals surface area (Å²) in [5.41, 5.74) is 2.89. The van der Waals surface area contributed by atoms with Crippen molar-refractivity contribution in [2.45, 2.75) is 44.9 Å². The molecule has 2 atom stereocenters. The molecule has 3 amide bonds. The van der Waals surface area contributed by atoms with Crippen molar-refractivity contribution in [2.75, 3.05) is 6.54 Å². The molecule has 4 rings (SSSR count). The second-order valence-electron chi connectivity index (χ2n) is 9.49. The number of amides is 3. The number of rotatable bonds is 11. The third-order valence-corrected chi connectivity index (χ3v) is 6.55. The van der Waals surface area contributed by atoms with Crippen LogP contribution in [0.3, 0.4) is 0 Å². The lowest BCUT2D eigenvalue weighted by molar-refractivity contribution is -0.135. The quantitative estimate of drug-likeness (QED) is 0.140. The summed E-state index contributed by atoms with van der Waals surface area (Å²) < 4.78 is 10.5. The number of guanidine groups is 1. The highest BCUT2D eigenvalue weighted by atomic mass is 16.6. The van der Waals surface area contributed by atoms with E-state index in [2.05, 4.69) is 33.1 Å². The second kappa shape index (κ2) is 15.1. The Balaban J connectivity index is 1.27. The summed E-state index contributed by atoms with van der Waals surface area (Å²) >= 11 is 0. The highest BCUT2D eigenvalue weighted by Crippen LogP contribution is 2.24. The predicted octanol–water partition coefficient (Wildman–Crippen LogP) is 4.72. The maximum absolute atomic E-state index is 12.4. The van der Waals surface area contributed by atoms with E-state index >= 15 is 0 Å². The number of carbonyl (C=O) groups excluding carboxylic acids is 3. The molecule has 0 spiro atoms. The smallest absolute Gasteiger partial charge is 0.414 e. The first-order chi connectivity index (χ1) is 19.6. The molecule has 1 saturated heterocycles. The molecule has 9 nitrogen and oxygen atoms in total. The van der Waals surface area contributed by atoms with Crippen LogP contribution in [0.15, 0.2) is 96.0 Å². The lowest BCUT2D eigenvalue weighted by Crippen LogP contribution is -2.58. The maximum atomic E-state index is 12.4. The van der Waals surface area contributed by atoms with Crippen molar-refractivity contribution >= 4 is 24.1 Å². The number of nitrogens with zero attached hydrogens (tertiary/aromatic N) is 1. The van der Waals surface area contributed by atoms with Gasteiger partial charge < -0.3 is 14.8 Å². The minimum Gasteiger partial charge on any atom is -0.444 e. The highest BCUT2D eigenvalue weighted by molar-refractivity contribution is 6.01. The molecule has 0 aliphatic carbocycles.